The molecule has 0 radical (unpaired) electrons. The molecule has 0 fully saturated rings. The molecule has 5 heteroatoms. The highest BCUT2D eigenvalue weighted by Crippen LogP contribution is 2.11. The topological polar surface area (TPSA) is 47.4 Å². The molecule has 1 heterocycles. The van der Waals surface area contributed by atoms with Crippen LogP contribution in [0.2, 0.25) is 0 Å². The molecule has 0 bridgehead atoms. The number of likely N-dealkylation sites (N-methyl/N-ethyl adjacent to an activating group) is 1. The van der Waals surface area contributed by atoms with Gasteiger partial charge in [-0.2, -0.15) is 0 Å². The van der Waals surface area contributed by atoms with Crippen LogP contribution in [0.3, 0.4) is 0 Å². The summed E-state index contributed by atoms with van der Waals surface area (Å²) in [5, 5.41) is 0. The Kier molecular flexibility index (Phi) is 4.90. The number of hydrogen-bond acceptors (Lipinski definition) is 4. The summed E-state index contributed by atoms with van der Waals surface area (Å²) in [5.41, 5.74) is 2.24. The highest BCUT2D eigenvalue weighted by Gasteiger charge is 2.09. The second kappa shape index (κ2) is 6.86. The van der Waals surface area contributed by atoms with E-state index in [1.807, 2.05) is 34.7 Å². The van der Waals surface area contributed by atoms with E-state index in [0.717, 1.165) is 18.8 Å². The Balaban J connectivity index is 2.00. The van der Waals surface area contributed by atoms with Crippen molar-refractivity contribution in [2.45, 2.75) is 13.5 Å². The van der Waals surface area contributed by atoms with Gasteiger partial charge >= 0.3 is 5.97 Å². The molecule has 106 valence electrons. The van der Waals surface area contributed by atoms with E-state index in [4.69, 9.17) is 4.74 Å². The fraction of sp³-hybridized carbons (Fsp3) is 0.333. The van der Waals surface area contributed by atoms with Crippen molar-refractivity contribution < 1.29 is 9.53 Å². The van der Waals surface area contributed by atoms with Gasteiger partial charge in [0.1, 0.15) is 0 Å². The SMILES string of the molecule is CCN(CC(=O)OC)Cc1ccc(-n2ccnc2)cc1. The minimum Gasteiger partial charge on any atom is -0.468 e. The second-order valence-electron chi connectivity index (χ2n) is 4.52. The highest BCUT2D eigenvalue weighted by atomic mass is 16.5. The summed E-state index contributed by atoms with van der Waals surface area (Å²) < 4.78 is 6.65. The molecule has 0 aliphatic heterocycles. The fourth-order valence-electron chi connectivity index (χ4n) is 1.97. The first kappa shape index (κ1) is 14.3. The Hall–Kier alpha value is -2.14. The molecule has 20 heavy (non-hydrogen) atoms. The van der Waals surface area contributed by atoms with Gasteiger partial charge in [-0.15, -0.1) is 0 Å². The average Bonchev–Trinajstić information content (AvgIpc) is 3.01. The lowest BCUT2D eigenvalue weighted by atomic mass is 10.2. The minimum atomic E-state index is -0.207. The van der Waals surface area contributed by atoms with Crippen molar-refractivity contribution >= 4 is 5.97 Å². The minimum absolute atomic E-state index is 0.207. The third-order valence-electron chi connectivity index (χ3n) is 3.17. The summed E-state index contributed by atoms with van der Waals surface area (Å²) in [4.78, 5) is 17.4. The monoisotopic (exact) mass is 273 g/mol. The molecule has 0 spiro atoms. The van der Waals surface area contributed by atoms with E-state index in [-0.39, 0.29) is 5.97 Å². The van der Waals surface area contributed by atoms with Crippen LogP contribution in [0.1, 0.15) is 12.5 Å². The van der Waals surface area contributed by atoms with Gasteiger partial charge in [-0.25, -0.2) is 4.98 Å². The van der Waals surface area contributed by atoms with Crippen molar-refractivity contribution in [2.24, 2.45) is 0 Å². The van der Waals surface area contributed by atoms with Gasteiger partial charge in [0, 0.05) is 24.6 Å². The molecule has 1 aromatic heterocycles. The van der Waals surface area contributed by atoms with Gasteiger partial charge in [0.15, 0.2) is 0 Å². The third-order valence-corrected chi connectivity index (χ3v) is 3.17. The van der Waals surface area contributed by atoms with E-state index >= 15 is 0 Å². The quantitative estimate of drug-likeness (QED) is 0.754. The van der Waals surface area contributed by atoms with Crippen molar-refractivity contribution in [3.05, 3.63) is 48.5 Å². The van der Waals surface area contributed by atoms with Crippen LogP contribution in [0.25, 0.3) is 5.69 Å². The zero-order chi connectivity index (χ0) is 14.4. The maximum Gasteiger partial charge on any atom is 0.319 e. The summed E-state index contributed by atoms with van der Waals surface area (Å²) in [5.74, 6) is -0.207. The van der Waals surface area contributed by atoms with E-state index in [2.05, 4.69) is 17.1 Å². The molecule has 0 amide bonds. The Bertz CT molecular complexity index is 535. The number of esters is 1. The van der Waals surface area contributed by atoms with Gasteiger partial charge in [-0.3, -0.25) is 9.69 Å². The lowest BCUT2D eigenvalue weighted by Gasteiger charge is -2.19. The zero-order valence-electron chi connectivity index (χ0n) is 11.8. The Morgan fingerprint density at radius 2 is 2.10 bits per heavy atom. The zero-order valence-corrected chi connectivity index (χ0v) is 11.8. The molecule has 0 aliphatic rings. The summed E-state index contributed by atoms with van der Waals surface area (Å²) in [6.45, 7) is 3.88. The van der Waals surface area contributed by atoms with Crippen LogP contribution in [-0.4, -0.2) is 40.6 Å². The number of carbonyl (C=O) groups is 1. The third kappa shape index (κ3) is 3.68. The Morgan fingerprint density at radius 3 is 2.65 bits per heavy atom. The number of nitrogens with zero attached hydrogens (tertiary/aromatic N) is 3. The number of rotatable bonds is 6. The average molecular weight is 273 g/mol. The smallest absolute Gasteiger partial charge is 0.319 e. The lowest BCUT2D eigenvalue weighted by molar-refractivity contribution is -0.142. The first-order valence-corrected chi connectivity index (χ1v) is 6.59. The van der Waals surface area contributed by atoms with Crippen molar-refractivity contribution in [1.82, 2.24) is 14.5 Å². The van der Waals surface area contributed by atoms with E-state index in [1.54, 1.807) is 12.5 Å². The van der Waals surface area contributed by atoms with Crippen molar-refractivity contribution in [3.63, 3.8) is 0 Å². The van der Waals surface area contributed by atoms with Crippen LogP contribution in [0.5, 0.6) is 0 Å². The number of methoxy groups -OCH3 is 1. The number of aromatic nitrogens is 2. The van der Waals surface area contributed by atoms with Crippen molar-refractivity contribution in [3.8, 4) is 5.69 Å². The van der Waals surface area contributed by atoms with Gasteiger partial charge in [0.2, 0.25) is 0 Å². The summed E-state index contributed by atoms with van der Waals surface area (Å²) in [7, 11) is 1.41. The number of benzene rings is 1. The Labute approximate surface area is 118 Å². The Morgan fingerprint density at radius 1 is 1.35 bits per heavy atom. The van der Waals surface area contributed by atoms with Crippen molar-refractivity contribution in [2.75, 3.05) is 20.2 Å². The van der Waals surface area contributed by atoms with Crippen LogP contribution in [0.15, 0.2) is 43.0 Å². The van der Waals surface area contributed by atoms with Crippen LogP contribution in [-0.2, 0) is 16.1 Å². The predicted molar refractivity (Wildman–Crippen MR) is 76.5 cm³/mol. The van der Waals surface area contributed by atoms with Crippen LogP contribution < -0.4 is 0 Å². The molecule has 0 saturated carbocycles. The molecule has 0 aliphatic carbocycles. The molecule has 0 atom stereocenters. The normalized spacial score (nSPS) is 10.8. The van der Waals surface area contributed by atoms with Gasteiger partial charge < -0.3 is 9.30 Å². The van der Waals surface area contributed by atoms with E-state index in [9.17, 15) is 4.79 Å². The number of ether oxygens (including phenoxy) is 1. The van der Waals surface area contributed by atoms with Gasteiger partial charge in [0.05, 0.1) is 20.0 Å². The van der Waals surface area contributed by atoms with Gasteiger partial charge in [0.25, 0.3) is 0 Å². The molecular formula is C15H19N3O2. The van der Waals surface area contributed by atoms with E-state index in [0.29, 0.717) is 6.54 Å². The molecule has 0 unspecified atom stereocenters. The number of hydrogen-bond donors (Lipinski definition) is 0. The molecule has 2 rings (SSSR count). The predicted octanol–water partition coefficient (Wildman–Crippen LogP) is 1.87. The maximum absolute atomic E-state index is 11.3. The summed E-state index contributed by atoms with van der Waals surface area (Å²) in [6.07, 6.45) is 5.43. The molecule has 0 saturated heterocycles. The molecule has 1 aromatic carbocycles. The van der Waals surface area contributed by atoms with Gasteiger partial charge in [-0.05, 0) is 24.2 Å². The second-order valence-corrected chi connectivity index (χ2v) is 4.52. The lowest BCUT2D eigenvalue weighted by Crippen LogP contribution is -2.29. The molecule has 0 N–H and O–H groups in total. The van der Waals surface area contributed by atoms with Gasteiger partial charge in [-0.1, -0.05) is 19.1 Å². The van der Waals surface area contributed by atoms with E-state index < -0.39 is 0 Å². The molecule has 2 aromatic rings. The standard InChI is InChI=1S/C15H19N3O2/c1-3-17(11-15(19)20-2)10-13-4-6-14(7-5-13)18-9-8-16-12-18/h4-9,12H,3,10-11H2,1-2H3. The maximum atomic E-state index is 11.3. The van der Waals surface area contributed by atoms with Crippen LogP contribution in [0, 0.1) is 0 Å². The number of carbonyl (C=O) groups excluding carboxylic acids is 1. The van der Waals surface area contributed by atoms with Crippen LogP contribution >= 0.6 is 0 Å². The van der Waals surface area contributed by atoms with E-state index in [1.165, 1.54) is 12.7 Å². The summed E-state index contributed by atoms with van der Waals surface area (Å²) in [6, 6.07) is 8.22. The first-order valence-electron chi connectivity index (χ1n) is 6.59. The first-order chi connectivity index (χ1) is 9.72. The van der Waals surface area contributed by atoms with Crippen LogP contribution in [0.4, 0.5) is 0 Å². The highest BCUT2D eigenvalue weighted by molar-refractivity contribution is 5.71. The van der Waals surface area contributed by atoms with Crippen molar-refractivity contribution in [1.29, 1.82) is 0 Å². The molecular weight excluding hydrogens is 254 g/mol. The molecule has 5 nitrogen and oxygen atoms in total. The fourth-order valence-corrected chi connectivity index (χ4v) is 1.97. The number of imidazole rings is 1. The summed E-state index contributed by atoms with van der Waals surface area (Å²) >= 11 is 0. The largest absolute Gasteiger partial charge is 0.468 e.